The molecule has 0 amide bonds. The van der Waals surface area contributed by atoms with Crippen molar-refractivity contribution in [2.45, 2.75) is 37.6 Å². The maximum atomic E-state index is 12.4. The number of hydrogen-bond acceptors (Lipinski definition) is 3. The van der Waals surface area contributed by atoms with Gasteiger partial charge >= 0.3 is 0 Å². The Labute approximate surface area is 132 Å². The van der Waals surface area contributed by atoms with E-state index in [4.69, 9.17) is 4.74 Å². The Kier molecular flexibility index (Phi) is 5.13. The van der Waals surface area contributed by atoms with Gasteiger partial charge in [-0.05, 0) is 37.2 Å². The lowest BCUT2D eigenvalue weighted by molar-refractivity contribution is 0.0722. The van der Waals surface area contributed by atoms with E-state index in [1.54, 1.807) is 0 Å². The summed E-state index contributed by atoms with van der Waals surface area (Å²) in [6.45, 7) is 1.88. The van der Waals surface area contributed by atoms with Crippen LogP contribution in [0.15, 0.2) is 30.3 Å². The Morgan fingerprint density at radius 1 is 1.00 bits per heavy atom. The standard InChI is InChI=1S/C16H24N2O3S/c19-22(20,18-10-12-21-13-11-18)17-16-8-6-15(7-9-16)14-4-2-1-3-5-14/h1-5,15-17H,6-13H2. The molecule has 0 aromatic heterocycles. The summed E-state index contributed by atoms with van der Waals surface area (Å²) in [6.07, 6.45) is 3.90. The van der Waals surface area contributed by atoms with Gasteiger partial charge in [0.15, 0.2) is 0 Å². The molecule has 1 N–H and O–H groups in total. The maximum Gasteiger partial charge on any atom is 0.279 e. The monoisotopic (exact) mass is 324 g/mol. The molecule has 1 saturated heterocycles. The fourth-order valence-corrected chi connectivity index (χ4v) is 4.78. The second kappa shape index (κ2) is 7.08. The van der Waals surface area contributed by atoms with Crippen molar-refractivity contribution in [3.8, 4) is 0 Å². The third-order valence-corrected chi connectivity index (χ3v) is 6.30. The molecule has 1 aromatic rings. The van der Waals surface area contributed by atoms with E-state index in [0.29, 0.717) is 32.2 Å². The Bertz CT molecular complexity index is 562. The lowest BCUT2D eigenvalue weighted by Crippen LogP contribution is -2.50. The lowest BCUT2D eigenvalue weighted by Gasteiger charge is -2.32. The number of morpholine rings is 1. The number of hydrogen-bond donors (Lipinski definition) is 1. The van der Waals surface area contributed by atoms with Crippen LogP contribution in [-0.4, -0.2) is 45.1 Å². The molecular formula is C16H24N2O3S. The SMILES string of the molecule is O=S(=O)(NC1CCC(c2ccccc2)CC1)N1CCOCC1. The van der Waals surface area contributed by atoms with Crippen LogP contribution in [0, 0.1) is 0 Å². The molecule has 122 valence electrons. The second-order valence-corrected chi connectivity index (χ2v) is 7.80. The number of nitrogens with one attached hydrogen (secondary N) is 1. The van der Waals surface area contributed by atoms with Crippen molar-refractivity contribution in [1.29, 1.82) is 0 Å². The summed E-state index contributed by atoms with van der Waals surface area (Å²) in [5, 5.41) is 0. The fraction of sp³-hybridized carbons (Fsp3) is 0.625. The summed E-state index contributed by atoms with van der Waals surface area (Å²) in [5.74, 6) is 0.561. The first kappa shape index (κ1) is 15.9. The second-order valence-electron chi connectivity index (χ2n) is 6.09. The first-order valence-corrected chi connectivity index (χ1v) is 9.49. The molecule has 0 bridgehead atoms. The molecule has 1 aromatic carbocycles. The predicted octanol–water partition coefficient (Wildman–Crippen LogP) is 1.88. The zero-order chi connectivity index (χ0) is 15.4. The van der Waals surface area contributed by atoms with Crippen LogP contribution in [0.3, 0.4) is 0 Å². The summed E-state index contributed by atoms with van der Waals surface area (Å²) >= 11 is 0. The van der Waals surface area contributed by atoms with Gasteiger partial charge < -0.3 is 4.74 Å². The molecule has 5 nitrogen and oxygen atoms in total. The minimum absolute atomic E-state index is 0.0628. The van der Waals surface area contributed by atoms with E-state index in [9.17, 15) is 8.42 Å². The van der Waals surface area contributed by atoms with Crippen LogP contribution >= 0.6 is 0 Å². The average Bonchev–Trinajstić information content (AvgIpc) is 2.57. The van der Waals surface area contributed by atoms with Crippen LogP contribution < -0.4 is 4.72 Å². The highest BCUT2D eigenvalue weighted by Gasteiger charge is 2.29. The summed E-state index contributed by atoms with van der Waals surface area (Å²) in [6, 6.07) is 10.6. The summed E-state index contributed by atoms with van der Waals surface area (Å²) < 4.78 is 34.3. The van der Waals surface area contributed by atoms with Crippen LogP contribution in [-0.2, 0) is 14.9 Å². The van der Waals surface area contributed by atoms with Gasteiger partial charge in [0, 0.05) is 19.1 Å². The largest absolute Gasteiger partial charge is 0.379 e. The summed E-state index contributed by atoms with van der Waals surface area (Å²) in [5.41, 5.74) is 1.37. The molecule has 2 fully saturated rings. The van der Waals surface area contributed by atoms with Gasteiger partial charge in [0.05, 0.1) is 13.2 Å². The zero-order valence-electron chi connectivity index (χ0n) is 12.8. The van der Waals surface area contributed by atoms with Gasteiger partial charge in [-0.15, -0.1) is 0 Å². The van der Waals surface area contributed by atoms with E-state index in [0.717, 1.165) is 25.7 Å². The Hall–Kier alpha value is -0.950. The van der Waals surface area contributed by atoms with Crippen LogP contribution in [0.4, 0.5) is 0 Å². The highest BCUT2D eigenvalue weighted by Crippen LogP contribution is 2.33. The van der Waals surface area contributed by atoms with Gasteiger partial charge in [-0.1, -0.05) is 30.3 Å². The molecular weight excluding hydrogens is 300 g/mol. The average molecular weight is 324 g/mol. The lowest BCUT2D eigenvalue weighted by atomic mass is 9.82. The smallest absolute Gasteiger partial charge is 0.279 e. The molecule has 0 spiro atoms. The van der Waals surface area contributed by atoms with Crippen molar-refractivity contribution in [3.05, 3.63) is 35.9 Å². The van der Waals surface area contributed by atoms with Crippen LogP contribution in [0.25, 0.3) is 0 Å². The predicted molar refractivity (Wildman–Crippen MR) is 85.9 cm³/mol. The topological polar surface area (TPSA) is 58.6 Å². The Morgan fingerprint density at radius 3 is 2.27 bits per heavy atom. The molecule has 22 heavy (non-hydrogen) atoms. The van der Waals surface area contributed by atoms with Crippen molar-refractivity contribution in [1.82, 2.24) is 9.03 Å². The molecule has 3 rings (SSSR count). The third-order valence-electron chi connectivity index (χ3n) is 4.62. The fourth-order valence-electron chi connectivity index (χ4n) is 3.34. The van der Waals surface area contributed by atoms with E-state index in [2.05, 4.69) is 29.0 Å². The Morgan fingerprint density at radius 2 is 1.64 bits per heavy atom. The van der Waals surface area contributed by atoms with E-state index in [1.165, 1.54) is 9.87 Å². The number of rotatable bonds is 4. The van der Waals surface area contributed by atoms with Crippen molar-refractivity contribution in [2.75, 3.05) is 26.3 Å². The van der Waals surface area contributed by atoms with E-state index in [1.807, 2.05) is 6.07 Å². The van der Waals surface area contributed by atoms with Gasteiger partial charge in [-0.3, -0.25) is 0 Å². The minimum Gasteiger partial charge on any atom is -0.379 e. The maximum absolute atomic E-state index is 12.4. The number of nitrogens with zero attached hydrogens (tertiary/aromatic N) is 1. The van der Waals surface area contributed by atoms with Crippen LogP contribution in [0.1, 0.15) is 37.2 Å². The number of benzene rings is 1. The zero-order valence-corrected chi connectivity index (χ0v) is 13.6. The summed E-state index contributed by atoms with van der Waals surface area (Å²) in [7, 11) is -3.36. The highest BCUT2D eigenvalue weighted by molar-refractivity contribution is 7.87. The van der Waals surface area contributed by atoms with Crippen LogP contribution in [0.2, 0.25) is 0 Å². The van der Waals surface area contributed by atoms with Crippen molar-refractivity contribution < 1.29 is 13.2 Å². The molecule has 0 atom stereocenters. The van der Waals surface area contributed by atoms with Gasteiger partial charge in [0.2, 0.25) is 0 Å². The normalized spacial score (nSPS) is 27.6. The first-order valence-electron chi connectivity index (χ1n) is 8.05. The quantitative estimate of drug-likeness (QED) is 0.920. The molecule has 2 aliphatic rings. The van der Waals surface area contributed by atoms with Crippen LogP contribution in [0.5, 0.6) is 0 Å². The first-order chi connectivity index (χ1) is 10.6. The molecule has 1 aliphatic heterocycles. The van der Waals surface area contributed by atoms with Crippen molar-refractivity contribution in [3.63, 3.8) is 0 Å². The van der Waals surface area contributed by atoms with Gasteiger partial charge in [0.25, 0.3) is 10.2 Å². The Balaban J connectivity index is 1.53. The summed E-state index contributed by atoms with van der Waals surface area (Å²) in [4.78, 5) is 0. The van der Waals surface area contributed by atoms with Gasteiger partial charge in [-0.25, -0.2) is 0 Å². The van der Waals surface area contributed by atoms with E-state index in [-0.39, 0.29) is 6.04 Å². The molecule has 1 heterocycles. The molecule has 0 unspecified atom stereocenters. The minimum atomic E-state index is -3.36. The third kappa shape index (κ3) is 3.87. The molecule has 0 radical (unpaired) electrons. The van der Waals surface area contributed by atoms with Gasteiger partial charge in [-0.2, -0.15) is 17.4 Å². The number of ether oxygens (including phenoxy) is 1. The van der Waals surface area contributed by atoms with E-state index < -0.39 is 10.2 Å². The van der Waals surface area contributed by atoms with Crippen molar-refractivity contribution in [2.24, 2.45) is 0 Å². The molecule has 1 saturated carbocycles. The highest BCUT2D eigenvalue weighted by atomic mass is 32.2. The van der Waals surface area contributed by atoms with Crippen molar-refractivity contribution >= 4 is 10.2 Å². The molecule has 1 aliphatic carbocycles. The van der Waals surface area contributed by atoms with Gasteiger partial charge in [0.1, 0.15) is 0 Å². The van der Waals surface area contributed by atoms with E-state index >= 15 is 0 Å². The molecule has 6 heteroatoms.